The van der Waals surface area contributed by atoms with Crippen molar-refractivity contribution in [1.82, 2.24) is 0 Å². The van der Waals surface area contributed by atoms with Gasteiger partial charge in [-0.25, -0.2) is 0 Å². The fourth-order valence-corrected chi connectivity index (χ4v) is 2.34. The summed E-state index contributed by atoms with van der Waals surface area (Å²) >= 11 is 1.76. The maximum atomic E-state index is 5.75. The number of nitrogens with two attached hydrogens (primary N) is 1. The van der Waals surface area contributed by atoms with Gasteiger partial charge >= 0.3 is 0 Å². The van der Waals surface area contributed by atoms with Gasteiger partial charge in [0.2, 0.25) is 0 Å². The van der Waals surface area contributed by atoms with Crippen molar-refractivity contribution in [2.24, 2.45) is 5.73 Å². The molecule has 0 saturated heterocycles. The second kappa shape index (κ2) is 4.44. The largest absolute Gasteiger partial charge is 0.469 e. The number of hydrogen-bond acceptors (Lipinski definition) is 3. The van der Waals surface area contributed by atoms with Crippen molar-refractivity contribution in [3.8, 4) is 0 Å². The van der Waals surface area contributed by atoms with Gasteiger partial charge in [-0.1, -0.05) is 6.07 Å². The number of hydrogen-bond donors (Lipinski definition) is 1. The molecule has 0 saturated carbocycles. The lowest BCUT2D eigenvalue weighted by atomic mass is 10.0. The molecule has 0 radical (unpaired) electrons. The second-order valence-electron chi connectivity index (χ2n) is 3.23. The van der Waals surface area contributed by atoms with E-state index in [0.717, 1.165) is 12.2 Å². The summed E-state index contributed by atoms with van der Waals surface area (Å²) in [4.78, 5) is 1.34. The van der Waals surface area contributed by atoms with E-state index in [0.29, 0.717) is 12.5 Å². The molecule has 2 rings (SSSR count). The average molecular weight is 207 g/mol. The average Bonchev–Trinajstić information content (AvgIpc) is 2.86. The minimum Gasteiger partial charge on any atom is -0.469 e. The monoisotopic (exact) mass is 207 g/mol. The maximum absolute atomic E-state index is 5.75. The third-order valence-corrected chi connectivity index (χ3v) is 3.29. The predicted octanol–water partition coefficient (Wildman–Crippen LogP) is 2.63. The molecule has 74 valence electrons. The third-order valence-electron chi connectivity index (χ3n) is 2.26. The Morgan fingerprint density at radius 3 is 2.86 bits per heavy atom. The summed E-state index contributed by atoms with van der Waals surface area (Å²) in [5, 5.41) is 2.08. The molecule has 1 atom stereocenters. The second-order valence-corrected chi connectivity index (χ2v) is 4.21. The quantitative estimate of drug-likeness (QED) is 0.837. The molecule has 3 heteroatoms. The van der Waals surface area contributed by atoms with Gasteiger partial charge in [-0.3, -0.25) is 0 Å². The Morgan fingerprint density at radius 2 is 2.29 bits per heavy atom. The van der Waals surface area contributed by atoms with Crippen molar-refractivity contribution in [1.29, 1.82) is 0 Å². The first-order valence-corrected chi connectivity index (χ1v) is 5.54. The standard InChI is InChI=1S/C11H13NOS/c12-8-9(11-4-2-6-14-11)7-10-3-1-5-13-10/h1-6,9H,7-8,12H2. The van der Waals surface area contributed by atoms with Gasteiger partial charge in [0.15, 0.2) is 0 Å². The molecule has 2 aromatic heterocycles. The van der Waals surface area contributed by atoms with E-state index in [1.807, 2.05) is 12.1 Å². The van der Waals surface area contributed by atoms with Gasteiger partial charge in [0, 0.05) is 23.8 Å². The van der Waals surface area contributed by atoms with Crippen LogP contribution in [-0.2, 0) is 6.42 Å². The zero-order valence-corrected chi connectivity index (χ0v) is 8.67. The van der Waals surface area contributed by atoms with Gasteiger partial charge in [-0.05, 0) is 23.6 Å². The van der Waals surface area contributed by atoms with E-state index in [2.05, 4.69) is 17.5 Å². The first-order valence-electron chi connectivity index (χ1n) is 4.66. The summed E-state index contributed by atoms with van der Waals surface area (Å²) in [6, 6.07) is 8.10. The smallest absolute Gasteiger partial charge is 0.104 e. The third kappa shape index (κ3) is 2.05. The fraction of sp³-hybridized carbons (Fsp3) is 0.273. The Balaban J connectivity index is 2.08. The Morgan fingerprint density at radius 1 is 1.36 bits per heavy atom. The lowest BCUT2D eigenvalue weighted by Gasteiger charge is -2.10. The van der Waals surface area contributed by atoms with Crippen molar-refractivity contribution in [3.63, 3.8) is 0 Å². The Labute approximate surface area is 87.4 Å². The van der Waals surface area contributed by atoms with E-state index in [9.17, 15) is 0 Å². The molecule has 0 fully saturated rings. The molecule has 2 nitrogen and oxygen atoms in total. The van der Waals surface area contributed by atoms with Crippen molar-refractivity contribution in [2.45, 2.75) is 12.3 Å². The first kappa shape index (κ1) is 9.49. The molecule has 0 aromatic carbocycles. The minimum absolute atomic E-state index is 0.390. The van der Waals surface area contributed by atoms with Crippen LogP contribution in [0.15, 0.2) is 40.3 Å². The van der Waals surface area contributed by atoms with Crippen LogP contribution >= 0.6 is 11.3 Å². The maximum Gasteiger partial charge on any atom is 0.104 e. The summed E-state index contributed by atoms with van der Waals surface area (Å²) in [5.74, 6) is 1.40. The van der Waals surface area contributed by atoms with Crippen molar-refractivity contribution < 1.29 is 4.42 Å². The predicted molar refractivity (Wildman–Crippen MR) is 58.5 cm³/mol. The highest BCUT2D eigenvalue weighted by Crippen LogP contribution is 2.24. The number of rotatable bonds is 4. The van der Waals surface area contributed by atoms with Crippen LogP contribution in [0.3, 0.4) is 0 Å². The molecule has 0 aliphatic rings. The van der Waals surface area contributed by atoms with Gasteiger partial charge < -0.3 is 10.2 Å². The van der Waals surface area contributed by atoms with E-state index in [4.69, 9.17) is 10.2 Å². The highest BCUT2D eigenvalue weighted by atomic mass is 32.1. The molecule has 14 heavy (non-hydrogen) atoms. The molecular formula is C11H13NOS. The highest BCUT2D eigenvalue weighted by Gasteiger charge is 2.12. The summed E-state index contributed by atoms with van der Waals surface area (Å²) in [6.07, 6.45) is 2.60. The Hall–Kier alpha value is -1.06. The molecule has 2 N–H and O–H groups in total. The molecule has 0 aliphatic carbocycles. The van der Waals surface area contributed by atoms with Crippen LogP contribution in [0.1, 0.15) is 16.6 Å². The molecule has 2 aromatic rings. The van der Waals surface area contributed by atoms with E-state index < -0.39 is 0 Å². The van der Waals surface area contributed by atoms with E-state index in [1.54, 1.807) is 17.6 Å². The summed E-state index contributed by atoms with van der Waals surface area (Å²) in [5.41, 5.74) is 5.75. The number of thiophene rings is 1. The van der Waals surface area contributed by atoms with E-state index in [1.165, 1.54) is 4.88 Å². The SMILES string of the molecule is NCC(Cc1ccco1)c1cccs1. The van der Waals surface area contributed by atoms with Crippen molar-refractivity contribution >= 4 is 11.3 Å². The van der Waals surface area contributed by atoms with Gasteiger partial charge in [0.1, 0.15) is 5.76 Å². The van der Waals surface area contributed by atoms with E-state index in [-0.39, 0.29) is 0 Å². The van der Waals surface area contributed by atoms with Gasteiger partial charge in [-0.2, -0.15) is 0 Å². The molecule has 1 unspecified atom stereocenters. The summed E-state index contributed by atoms with van der Waals surface area (Å²) in [6.45, 7) is 0.668. The molecule has 0 aliphatic heterocycles. The molecular weight excluding hydrogens is 194 g/mol. The minimum atomic E-state index is 0.390. The van der Waals surface area contributed by atoms with Crippen molar-refractivity contribution in [3.05, 3.63) is 46.5 Å². The van der Waals surface area contributed by atoms with Crippen LogP contribution in [0.25, 0.3) is 0 Å². The zero-order chi connectivity index (χ0) is 9.80. The highest BCUT2D eigenvalue weighted by molar-refractivity contribution is 7.10. The zero-order valence-electron chi connectivity index (χ0n) is 7.85. The van der Waals surface area contributed by atoms with Crippen molar-refractivity contribution in [2.75, 3.05) is 6.54 Å². The summed E-state index contributed by atoms with van der Waals surface area (Å²) < 4.78 is 5.31. The van der Waals surface area contributed by atoms with Crippen LogP contribution in [0.4, 0.5) is 0 Å². The lowest BCUT2D eigenvalue weighted by Crippen LogP contribution is -2.13. The fourth-order valence-electron chi connectivity index (χ4n) is 1.50. The first-order chi connectivity index (χ1) is 6.90. The Kier molecular flexibility index (Phi) is 3.01. The summed E-state index contributed by atoms with van der Waals surface area (Å²) in [7, 11) is 0. The van der Waals surface area contributed by atoms with Crippen LogP contribution in [0.5, 0.6) is 0 Å². The van der Waals surface area contributed by atoms with Gasteiger partial charge in [0.25, 0.3) is 0 Å². The van der Waals surface area contributed by atoms with Gasteiger partial charge in [-0.15, -0.1) is 11.3 Å². The molecule has 2 heterocycles. The normalized spacial score (nSPS) is 12.9. The van der Waals surface area contributed by atoms with Crippen LogP contribution in [-0.4, -0.2) is 6.54 Å². The lowest BCUT2D eigenvalue weighted by molar-refractivity contribution is 0.488. The molecule has 0 amide bonds. The topological polar surface area (TPSA) is 39.2 Å². The van der Waals surface area contributed by atoms with Crippen LogP contribution in [0, 0.1) is 0 Å². The Bertz CT molecular complexity index is 353. The molecule has 0 spiro atoms. The van der Waals surface area contributed by atoms with Crippen LogP contribution < -0.4 is 5.73 Å². The van der Waals surface area contributed by atoms with Gasteiger partial charge in [0.05, 0.1) is 6.26 Å². The number of furan rings is 1. The van der Waals surface area contributed by atoms with Crippen LogP contribution in [0.2, 0.25) is 0 Å². The van der Waals surface area contributed by atoms with E-state index >= 15 is 0 Å². The molecule has 0 bridgehead atoms.